The zero-order chi connectivity index (χ0) is 15.6. The number of anilines is 2. The molecule has 2 aromatic rings. The molecule has 2 rings (SSSR count). The number of rotatable bonds is 3. The molecular formula is C13H9F4N3O. The van der Waals surface area contributed by atoms with Crippen LogP contribution in [0.1, 0.15) is 22.5 Å². The standard InChI is InChI=1S/C13H9F4N3O/c14-8-5-6(4-7(11(8)15)12(16)17)19-13(21)9-2-1-3-10(18)20-9/h1-5,12H,(H2,18,20)(H,19,21). The highest BCUT2D eigenvalue weighted by Gasteiger charge is 2.19. The Kier molecular flexibility index (Phi) is 4.06. The number of amides is 1. The summed E-state index contributed by atoms with van der Waals surface area (Å²) >= 11 is 0. The van der Waals surface area contributed by atoms with Crippen molar-refractivity contribution in [2.24, 2.45) is 0 Å². The van der Waals surface area contributed by atoms with Crippen LogP contribution in [-0.4, -0.2) is 10.9 Å². The van der Waals surface area contributed by atoms with Gasteiger partial charge in [-0.2, -0.15) is 0 Å². The van der Waals surface area contributed by atoms with Gasteiger partial charge in [0.25, 0.3) is 12.3 Å². The predicted octanol–water partition coefficient (Wildman–Crippen LogP) is 3.13. The van der Waals surface area contributed by atoms with Crippen LogP contribution in [0.4, 0.5) is 29.1 Å². The molecule has 0 aliphatic rings. The Hall–Kier alpha value is -2.64. The first kappa shape index (κ1) is 14.8. The predicted molar refractivity (Wildman–Crippen MR) is 67.9 cm³/mol. The molecule has 4 nitrogen and oxygen atoms in total. The van der Waals surface area contributed by atoms with E-state index < -0.39 is 29.5 Å². The average Bonchev–Trinajstić information content (AvgIpc) is 2.42. The van der Waals surface area contributed by atoms with Crippen LogP contribution in [0.25, 0.3) is 0 Å². The van der Waals surface area contributed by atoms with Crippen molar-refractivity contribution in [1.29, 1.82) is 0 Å². The minimum atomic E-state index is -3.21. The number of nitrogen functional groups attached to an aromatic ring is 1. The third-order valence-electron chi connectivity index (χ3n) is 2.55. The Morgan fingerprint density at radius 2 is 1.95 bits per heavy atom. The van der Waals surface area contributed by atoms with E-state index in [1.807, 2.05) is 0 Å². The molecule has 1 aromatic carbocycles. The summed E-state index contributed by atoms with van der Waals surface area (Å²) in [7, 11) is 0. The van der Waals surface area contributed by atoms with Gasteiger partial charge in [0.2, 0.25) is 0 Å². The van der Waals surface area contributed by atoms with Gasteiger partial charge in [0, 0.05) is 11.8 Å². The summed E-state index contributed by atoms with van der Waals surface area (Å²) in [5.74, 6) is -3.83. The van der Waals surface area contributed by atoms with Crippen LogP contribution >= 0.6 is 0 Å². The summed E-state index contributed by atoms with van der Waals surface area (Å²) < 4.78 is 51.5. The molecule has 1 heterocycles. The summed E-state index contributed by atoms with van der Waals surface area (Å²) in [6.45, 7) is 0. The monoisotopic (exact) mass is 299 g/mol. The number of alkyl halides is 2. The number of carbonyl (C=O) groups is 1. The molecular weight excluding hydrogens is 290 g/mol. The Morgan fingerprint density at radius 1 is 1.24 bits per heavy atom. The van der Waals surface area contributed by atoms with Gasteiger partial charge in [0.1, 0.15) is 11.5 Å². The molecule has 1 amide bonds. The van der Waals surface area contributed by atoms with Gasteiger partial charge < -0.3 is 11.1 Å². The van der Waals surface area contributed by atoms with E-state index in [0.29, 0.717) is 12.1 Å². The Bertz CT molecular complexity index is 691. The number of aromatic nitrogens is 1. The highest BCUT2D eigenvalue weighted by atomic mass is 19.3. The summed E-state index contributed by atoms with van der Waals surface area (Å²) in [6.07, 6.45) is -3.21. The van der Waals surface area contributed by atoms with Gasteiger partial charge in [-0.15, -0.1) is 0 Å². The number of nitrogens with zero attached hydrogens (tertiary/aromatic N) is 1. The van der Waals surface area contributed by atoms with Crippen molar-refractivity contribution < 1.29 is 22.4 Å². The Labute approximate surface area is 116 Å². The molecule has 0 radical (unpaired) electrons. The number of hydrogen-bond acceptors (Lipinski definition) is 3. The Morgan fingerprint density at radius 3 is 2.57 bits per heavy atom. The largest absolute Gasteiger partial charge is 0.384 e. The lowest BCUT2D eigenvalue weighted by Crippen LogP contribution is -2.15. The minimum absolute atomic E-state index is 0.0845. The van der Waals surface area contributed by atoms with Crippen LogP contribution in [-0.2, 0) is 0 Å². The number of pyridine rings is 1. The fraction of sp³-hybridized carbons (Fsp3) is 0.0769. The van der Waals surface area contributed by atoms with Crippen molar-refractivity contribution in [2.45, 2.75) is 6.43 Å². The lowest BCUT2D eigenvalue weighted by Gasteiger charge is -2.09. The van der Waals surface area contributed by atoms with Crippen molar-refractivity contribution in [1.82, 2.24) is 4.98 Å². The summed E-state index contributed by atoms with van der Waals surface area (Å²) in [5.41, 5.74) is 3.87. The maximum absolute atomic E-state index is 13.2. The zero-order valence-corrected chi connectivity index (χ0v) is 10.4. The molecule has 0 atom stereocenters. The fourth-order valence-corrected chi connectivity index (χ4v) is 1.61. The van der Waals surface area contributed by atoms with Crippen molar-refractivity contribution in [3.05, 3.63) is 53.2 Å². The van der Waals surface area contributed by atoms with Crippen molar-refractivity contribution in [3.8, 4) is 0 Å². The molecule has 8 heteroatoms. The van der Waals surface area contributed by atoms with Crippen LogP contribution in [0.2, 0.25) is 0 Å². The number of nitrogens with two attached hydrogens (primary N) is 1. The van der Waals surface area contributed by atoms with Gasteiger partial charge in [0.05, 0.1) is 5.56 Å². The van der Waals surface area contributed by atoms with Gasteiger partial charge in [-0.1, -0.05) is 6.07 Å². The van der Waals surface area contributed by atoms with E-state index in [-0.39, 0.29) is 17.2 Å². The first-order chi connectivity index (χ1) is 9.88. The Balaban J connectivity index is 2.29. The molecule has 0 saturated heterocycles. The lowest BCUT2D eigenvalue weighted by atomic mass is 10.1. The third kappa shape index (κ3) is 3.28. The van der Waals surface area contributed by atoms with E-state index in [9.17, 15) is 22.4 Å². The van der Waals surface area contributed by atoms with E-state index in [4.69, 9.17) is 5.73 Å². The fourth-order valence-electron chi connectivity index (χ4n) is 1.61. The van der Waals surface area contributed by atoms with E-state index in [2.05, 4.69) is 10.3 Å². The van der Waals surface area contributed by atoms with E-state index in [0.717, 1.165) is 0 Å². The normalized spacial score (nSPS) is 10.7. The van der Waals surface area contributed by atoms with Crippen LogP contribution < -0.4 is 11.1 Å². The van der Waals surface area contributed by atoms with Crippen LogP contribution in [0, 0.1) is 11.6 Å². The lowest BCUT2D eigenvalue weighted by molar-refractivity contribution is 0.102. The number of halogens is 4. The van der Waals surface area contributed by atoms with Gasteiger partial charge in [-0.3, -0.25) is 4.79 Å². The molecule has 0 aliphatic heterocycles. The maximum Gasteiger partial charge on any atom is 0.274 e. The van der Waals surface area contributed by atoms with Gasteiger partial charge in [-0.25, -0.2) is 22.5 Å². The van der Waals surface area contributed by atoms with Gasteiger partial charge >= 0.3 is 0 Å². The molecule has 21 heavy (non-hydrogen) atoms. The highest BCUT2D eigenvalue weighted by molar-refractivity contribution is 6.03. The SMILES string of the molecule is Nc1cccc(C(=O)Nc2cc(F)c(F)c(C(F)F)c2)n1. The molecule has 0 saturated carbocycles. The first-order valence-corrected chi connectivity index (χ1v) is 5.69. The summed E-state index contributed by atoms with van der Waals surface area (Å²) in [6, 6.07) is 5.51. The molecule has 0 unspecified atom stereocenters. The van der Waals surface area contributed by atoms with E-state index in [1.165, 1.54) is 18.2 Å². The molecule has 0 spiro atoms. The quantitative estimate of drug-likeness (QED) is 0.856. The highest BCUT2D eigenvalue weighted by Crippen LogP contribution is 2.27. The van der Waals surface area contributed by atoms with Crippen molar-refractivity contribution in [2.75, 3.05) is 11.1 Å². The average molecular weight is 299 g/mol. The van der Waals surface area contributed by atoms with Gasteiger partial charge in [-0.05, 0) is 18.2 Å². The molecule has 0 fully saturated rings. The number of hydrogen-bond donors (Lipinski definition) is 2. The topological polar surface area (TPSA) is 68.0 Å². The van der Waals surface area contributed by atoms with E-state index >= 15 is 0 Å². The second-order valence-electron chi connectivity index (χ2n) is 4.06. The van der Waals surface area contributed by atoms with Crippen molar-refractivity contribution >= 4 is 17.4 Å². The molecule has 110 valence electrons. The van der Waals surface area contributed by atoms with Gasteiger partial charge in [0.15, 0.2) is 11.6 Å². The number of benzene rings is 1. The van der Waals surface area contributed by atoms with Crippen LogP contribution in [0.3, 0.4) is 0 Å². The smallest absolute Gasteiger partial charge is 0.274 e. The third-order valence-corrected chi connectivity index (χ3v) is 2.55. The second kappa shape index (κ2) is 5.78. The summed E-state index contributed by atoms with van der Waals surface area (Å²) in [5, 5.41) is 2.15. The number of nitrogens with one attached hydrogen (secondary N) is 1. The maximum atomic E-state index is 13.2. The number of carbonyl (C=O) groups excluding carboxylic acids is 1. The minimum Gasteiger partial charge on any atom is -0.384 e. The van der Waals surface area contributed by atoms with Crippen molar-refractivity contribution in [3.63, 3.8) is 0 Å². The van der Waals surface area contributed by atoms with Crippen LogP contribution in [0.15, 0.2) is 30.3 Å². The van der Waals surface area contributed by atoms with E-state index in [1.54, 1.807) is 0 Å². The molecule has 3 N–H and O–H groups in total. The molecule has 0 bridgehead atoms. The molecule has 1 aromatic heterocycles. The first-order valence-electron chi connectivity index (χ1n) is 5.69. The molecule has 0 aliphatic carbocycles. The second-order valence-corrected chi connectivity index (χ2v) is 4.06. The van der Waals surface area contributed by atoms with Crippen LogP contribution in [0.5, 0.6) is 0 Å². The zero-order valence-electron chi connectivity index (χ0n) is 10.4. The summed E-state index contributed by atoms with van der Waals surface area (Å²) in [4.78, 5) is 15.5.